The molecule has 1 aliphatic rings. The van der Waals surface area contributed by atoms with Gasteiger partial charge in [-0.3, -0.25) is 4.98 Å². The molecule has 0 bridgehead atoms. The Morgan fingerprint density at radius 3 is 3.00 bits per heavy atom. The van der Waals surface area contributed by atoms with E-state index >= 15 is 0 Å². The minimum Gasteiger partial charge on any atom is -0.376 e. The summed E-state index contributed by atoms with van der Waals surface area (Å²) in [6.07, 6.45) is 7.17. The van der Waals surface area contributed by atoms with E-state index in [-0.39, 0.29) is 0 Å². The summed E-state index contributed by atoms with van der Waals surface area (Å²) in [5.74, 6) is 1.41. The van der Waals surface area contributed by atoms with Crippen LogP contribution in [0.2, 0.25) is 0 Å². The number of ether oxygens (including phenoxy) is 1. The van der Waals surface area contributed by atoms with E-state index in [4.69, 9.17) is 9.72 Å². The van der Waals surface area contributed by atoms with Crippen molar-refractivity contribution in [1.29, 1.82) is 0 Å². The van der Waals surface area contributed by atoms with Crippen LogP contribution in [0.3, 0.4) is 0 Å². The normalized spacial score (nSPS) is 13.9. The van der Waals surface area contributed by atoms with Gasteiger partial charge in [-0.25, -0.2) is 15.0 Å². The maximum atomic E-state index is 5.78. The molecule has 0 saturated heterocycles. The lowest BCUT2D eigenvalue weighted by atomic mass is 9.95. The molecule has 0 fully saturated rings. The smallest absolute Gasteiger partial charge is 0.147 e. The van der Waals surface area contributed by atoms with Crippen LogP contribution in [0.4, 0.5) is 5.82 Å². The number of aromatic nitrogens is 4. The van der Waals surface area contributed by atoms with Crippen molar-refractivity contribution in [1.82, 2.24) is 19.9 Å². The second-order valence-electron chi connectivity index (χ2n) is 7.81. The van der Waals surface area contributed by atoms with Crippen molar-refractivity contribution in [2.24, 2.45) is 5.92 Å². The van der Waals surface area contributed by atoms with Crippen molar-refractivity contribution in [3.63, 3.8) is 0 Å². The standard InChI is InChI=1S/C22H23N5OS/c1-13(2)8-17-16-11-28-7-5-15(16)18-19-20(29-22(18)27-17)21(26-12-25-19)24-10-14-4-3-6-23-9-14/h3-4,6,9,12-13H,5,7-8,10-11H2,1-2H3,(H,24,25,26). The van der Waals surface area contributed by atoms with E-state index in [1.807, 2.05) is 12.3 Å². The van der Waals surface area contributed by atoms with Gasteiger partial charge in [0, 0.05) is 35.6 Å². The van der Waals surface area contributed by atoms with Crippen LogP contribution < -0.4 is 5.32 Å². The van der Waals surface area contributed by atoms with Crippen LogP contribution in [0.15, 0.2) is 30.9 Å². The fourth-order valence-corrected chi connectivity index (χ4v) is 5.07. The third-order valence-corrected chi connectivity index (χ3v) is 6.31. The Balaban J connectivity index is 1.63. The summed E-state index contributed by atoms with van der Waals surface area (Å²) in [7, 11) is 0. The van der Waals surface area contributed by atoms with E-state index in [0.29, 0.717) is 19.1 Å². The molecule has 29 heavy (non-hydrogen) atoms. The second-order valence-corrected chi connectivity index (χ2v) is 8.81. The molecule has 5 rings (SSSR count). The second kappa shape index (κ2) is 7.65. The van der Waals surface area contributed by atoms with Crippen molar-refractivity contribution in [2.45, 2.75) is 39.8 Å². The maximum Gasteiger partial charge on any atom is 0.147 e. The van der Waals surface area contributed by atoms with Crippen molar-refractivity contribution in [2.75, 3.05) is 11.9 Å². The van der Waals surface area contributed by atoms with E-state index in [0.717, 1.165) is 45.9 Å². The molecule has 0 radical (unpaired) electrons. The van der Waals surface area contributed by atoms with E-state index < -0.39 is 0 Å². The molecule has 1 N–H and O–H groups in total. The van der Waals surface area contributed by atoms with Gasteiger partial charge in [-0.15, -0.1) is 11.3 Å². The number of pyridine rings is 2. The summed E-state index contributed by atoms with van der Waals surface area (Å²) < 4.78 is 6.84. The molecule has 0 saturated carbocycles. The van der Waals surface area contributed by atoms with Crippen LogP contribution >= 0.6 is 11.3 Å². The van der Waals surface area contributed by atoms with Gasteiger partial charge in [0.15, 0.2) is 0 Å². The Labute approximate surface area is 173 Å². The highest BCUT2D eigenvalue weighted by Gasteiger charge is 2.23. The summed E-state index contributed by atoms with van der Waals surface area (Å²) in [6, 6.07) is 4.00. The van der Waals surface area contributed by atoms with Gasteiger partial charge >= 0.3 is 0 Å². The van der Waals surface area contributed by atoms with Crippen molar-refractivity contribution in [3.8, 4) is 0 Å². The van der Waals surface area contributed by atoms with Gasteiger partial charge < -0.3 is 10.1 Å². The molecule has 0 spiro atoms. The largest absolute Gasteiger partial charge is 0.376 e. The van der Waals surface area contributed by atoms with Crippen LogP contribution in [0.1, 0.15) is 36.2 Å². The summed E-state index contributed by atoms with van der Waals surface area (Å²) in [5, 5.41) is 4.64. The van der Waals surface area contributed by atoms with Gasteiger partial charge in [-0.05, 0) is 36.0 Å². The van der Waals surface area contributed by atoms with Crippen LogP contribution in [0, 0.1) is 5.92 Å². The minimum atomic E-state index is 0.553. The predicted octanol–water partition coefficient (Wildman–Crippen LogP) is 4.52. The Bertz CT molecular complexity index is 1170. The average Bonchev–Trinajstić information content (AvgIpc) is 3.12. The monoisotopic (exact) mass is 405 g/mol. The lowest BCUT2D eigenvalue weighted by Crippen LogP contribution is -2.15. The first-order chi connectivity index (χ1) is 14.2. The highest BCUT2D eigenvalue weighted by molar-refractivity contribution is 7.26. The third kappa shape index (κ3) is 3.45. The molecule has 4 aromatic rings. The van der Waals surface area contributed by atoms with E-state index in [1.54, 1.807) is 23.9 Å². The van der Waals surface area contributed by atoms with E-state index in [1.165, 1.54) is 22.2 Å². The number of hydrogen-bond acceptors (Lipinski definition) is 7. The number of hydrogen-bond donors (Lipinski definition) is 1. The molecule has 0 aromatic carbocycles. The van der Waals surface area contributed by atoms with Gasteiger partial charge in [0.2, 0.25) is 0 Å². The number of nitrogens with zero attached hydrogens (tertiary/aromatic N) is 4. The van der Waals surface area contributed by atoms with Crippen molar-refractivity contribution in [3.05, 3.63) is 53.2 Å². The molecule has 0 amide bonds. The minimum absolute atomic E-state index is 0.553. The Kier molecular flexibility index (Phi) is 4.85. The quantitative estimate of drug-likeness (QED) is 0.526. The molecule has 148 valence electrons. The molecular weight excluding hydrogens is 382 g/mol. The number of nitrogens with one attached hydrogen (secondary N) is 1. The zero-order valence-corrected chi connectivity index (χ0v) is 17.4. The van der Waals surface area contributed by atoms with E-state index in [9.17, 15) is 0 Å². The molecule has 0 unspecified atom stereocenters. The number of thiophene rings is 1. The molecule has 0 atom stereocenters. The summed E-state index contributed by atoms with van der Waals surface area (Å²) in [5.41, 5.74) is 5.91. The highest BCUT2D eigenvalue weighted by atomic mass is 32.1. The average molecular weight is 406 g/mol. The van der Waals surface area contributed by atoms with Crippen LogP contribution in [0.25, 0.3) is 20.4 Å². The molecule has 4 aromatic heterocycles. The Morgan fingerprint density at radius 1 is 1.24 bits per heavy atom. The summed E-state index contributed by atoms with van der Waals surface area (Å²) in [6.45, 7) is 6.54. The first-order valence-electron chi connectivity index (χ1n) is 9.99. The molecule has 1 aliphatic heterocycles. The summed E-state index contributed by atoms with van der Waals surface area (Å²) >= 11 is 1.68. The number of anilines is 1. The molecule has 0 aliphatic carbocycles. The highest BCUT2D eigenvalue weighted by Crippen LogP contribution is 2.40. The van der Waals surface area contributed by atoms with Crippen LogP contribution in [-0.2, 0) is 30.7 Å². The van der Waals surface area contributed by atoms with Gasteiger partial charge in [-0.1, -0.05) is 19.9 Å². The lowest BCUT2D eigenvalue weighted by molar-refractivity contribution is 0.110. The van der Waals surface area contributed by atoms with Crippen molar-refractivity contribution >= 4 is 37.6 Å². The SMILES string of the molecule is CC(C)Cc1nc2sc3c(NCc4cccnc4)ncnc3c2c2c1COCC2. The lowest BCUT2D eigenvalue weighted by Gasteiger charge is -2.21. The first-order valence-corrected chi connectivity index (χ1v) is 10.8. The van der Waals surface area contributed by atoms with Gasteiger partial charge in [0.25, 0.3) is 0 Å². The fourth-order valence-electron chi connectivity index (χ4n) is 3.93. The van der Waals surface area contributed by atoms with E-state index in [2.05, 4.69) is 40.2 Å². The number of fused-ring (bicyclic) bond motifs is 5. The summed E-state index contributed by atoms with van der Waals surface area (Å²) in [4.78, 5) is 19.5. The van der Waals surface area contributed by atoms with Gasteiger partial charge in [0.05, 0.1) is 23.4 Å². The fraction of sp³-hybridized carbons (Fsp3) is 0.364. The Morgan fingerprint density at radius 2 is 2.17 bits per heavy atom. The zero-order chi connectivity index (χ0) is 19.8. The van der Waals surface area contributed by atoms with Crippen LogP contribution in [-0.4, -0.2) is 26.5 Å². The molecule has 6 nitrogen and oxygen atoms in total. The topological polar surface area (TPSA) is 72.8 Å². The van der Waals surface area contributed by atoms with Crippen molar-refractivity contribution < 1.29 is 4.74 Å². The number of rotatable bonds is 5. The molecule has 5 heterocycles. The predicted molar refractivity (Wildman–Crippen MR) is 116 cm³/mol. The first kappa shape index (κ1) is 18.4. The third-order valence-electron chi connectivity index (χ3n) is 5.23. The van der Waals surface area contributed by atoms with Crippen LogP contribution in [0.5, 0.6) is 0 Å². The Hall–Kier alpha value is -2.64. The van der Waals surface area contributed by atoms with Gasteiger partial charge in [0.1, 0.15) is 17.0 Å². The molecule has 7 heteroatoms. The van der Waals surface area contributed by atoms with Gasteiger partial charge in [-0.2, -0.15) is 0 Å². The zero-order valence-electron chi connectivity index (χ0n) is 16.6. The maximum absolute atomic E-state index is 5.78. The molecular formula is C22H23N5OS.